The quantitative estimate of drug-likeness (QED) is 0.337. The first-order chi connectivity index (χ1) is 9.64. The molecule has 1 aromatic rings. The first kappa shape index (κ1) is 14.8. The molecule has 1 amide bonds. The molecule has 1 heterocycles. The van der Waals surface area contributed by atoms with Crippen LogP contribution in [-0.2, 0) is 17.8 Å². The number of thiophene rings is 1. The number of hydrogen-bond donors (Lipinski definition) is 3. The molecule has 0 bridgehead atoms. The number of hydrogen-bond acceptors (Lipinski definition) is 4. The highest BCUT2D eigenvalue weighted by atomic mass is 32.1. The lowest BCUT2D eigenvalue weighted by Crippen LogP contribution is -2.48. The van der Waals surface area contributed by atoms with Crippen LogP contribution in [0.4, 0.5) is 0 Å². The number of nitrogens with one attached hydrogen (secondary N) is 1. The van der Waals surface area contributed by atoms with E-state index in [9.17, 15) is 4.79 Å². The molecule has 1 fully saturated rings. The Morgan fingerprint density at radius 2 is 2.25 bits per heavy atom. The second-order valence-corrected chi connectivity index (χ2v) is 6.18. The maximum absolute atomic E-state index is 12.5. The van der Waals surface area contributed by atoms with Gasteiger partial charge >= 0.3 is 0 Å². The molecule has 110 valence electrons. The van der Waals surface area contributed by atoms with Gasteiger partial charge < -0.3 is 16.3 Å². The smallest absolute Gasteiger partial charge is 0.234 e. The fraction of sp³-hybridized carbons (Fsp3) is 0.571. The monoisotopic (exact) mass is 295 g/mol. The van der Waals surface area contributed by atoms with Crippen LogP contribution in [0.25, 0.3) is 0 Å². The van der Waals surface area contributed by atoms with Gasteiger partial charge in [0, 0.05) is 4.88 Å². The summed E-state index contributed by atoms with van der Waals surface area (Å²) in [5.74, 6) is -0.0878. The van der Waals surface area contributed by atoms with Crippen molar-refractivity contribution in [3.8, 4) is 0 Å². The van der Waals surface area contributed by atoms with Crippen LogP contribution in [0.1, 0.15) is 43.0 Å². The third-order valence-corrected chi connectivity index (χ3v) is 5.08. The van der Waals surface area contributed by atoms with Crippen molar-refractivity contribution in [2.24, 2.45) is 16.3 Å². The Labute approximate surface area is 122 Å². The molecule has 2 rings (SSSR count). The Balaban J connectivity index is 2.07. The predicted octanol–water partition coefficient (Wildman–Crippen LogP) is 2.23. The molecule has 0 spiro atoms. The molecule has 1 aliphatic carbocycles. The van der Waals surface area contributed by atoms with E-state index in [1.54, 1.807) is 11.3 Å². The van der Waals surface area contributed by atoms with E-state index in [4.69, 9.17) is 10.9 Å². The Hall–Kier alpha value is -1.56. The van der Waals surface area contributed by atoms with E-state index >= 15 is 0 Å². The van der Waals surface area contributed by atoms with Crippen LogP contribution in [-0.4, -0.2) is 17.0 Å². The molecule has 0 atom stereocenters. The maximum atomic E-state index is 12.5. The van der Waals surface area contributed by atoms with Gasteiger partial charge in [0.15, 0.2) is 5.84 Å². The average Bonchev–Trinajstić information content (AvgIpc) is 3.12. The van der Waals surface area contributed by atoms with Crippen LogP contribution in [0.5, 0.6) is 0 Å². The van der Waals surface area contributed by atoms with Crippen LogP contribution in [0.3, 0.4) is 0 Å². The maximum Gasteiger partial charge on any atom is 0.234 e. The molecular formula is C14H21N3O2S. The van der Waals surface area contributed by atoms with Gasteiger partial charge in [0.25, 0.3) is 0 Å². The highest BCUT2D eigenvalue weighted by Gasteiger charge is 2.45. The number of aryl methyl sites for hydroxylation is 1. The standard InChI is InChI=1S/C14H21N3O2S/c1-2-10-5-8-20-11(10)9-16-13(18)14(12(15)17-19)6-3-4-7-14/h5,8,19H,2-4,6-7,9H2,1H3,(H2,15,17)(H,16,18). The summed E-state index contributed by atoms with van der Waals surface area (Å²) >= 11 is 1.65. The number of nitrogens with two attached hydrogens (primary N) is 1. The molecule has 0 unspecified atom stereocenters. The van der Waals surface area contributed by atoms with Gasteiger partial charge in [0.05, 0.1) is 6.54 Å². The molecule has 20 heavy (non-hydrogen) atoms. The molecule has 6 heteroatoms. The Kier molecular flexibility index (Phi) is 4.65. The van der Waals surface area contributed by atoms with Crippen LogP contribution >= 0.6 is 11.3 Å². The number of amidine groups is 1. The van der Waals surface area contributed by atoms with Crippen molar-refractivity contribution in [1.29, 1.82) is 0 Å². The topological polar surface area (TPSA) is 87.7 Å². The second-order valence-electron chi connectivity index (χ2n) is 5.18. The third-order valence-electron chi connectivity index (χ3n) is 4.12. The van der Waals surface area contributed by atoms with Gasteiger partial charge in [-0.3, -0.25) is 4.79 Å². The normalized spacial score (nSPS) is 18.1. The van der Waals surface area contributed by atoms with E-state index in [-0.39, 0.29) is 11.7 Å². The molecular weight excluding hydrogens is 274 g/mol. The molecule has 1 saturated carbocycles. The van der Waals surface area contributed by atoms with Crippen molar-refractivity contribution in [2.45, 2.75) is 45.6 Å². The van der Waals surface area contributed by atoms with Crippen LogP contribution in [0, 0.1) is 5.41 Å². The summed E-state index contributed by atoms with van der Waals surface area (Å²) in [7, 11) is 0. The molecule has 0 aromatic carbocycles. The molecule has 0 aliphatic heterocycles. The largest absolute Gasteiger partial charge is 0.409 e. The SMILES string of the molecule is CCc1ccsc1CNC(=O)C1(/C(N)=N/O)CCCC1. The van der Waals surface area contributed by atoms with Crippen molar-refractivity contribution in [1.82, 2.24) is 5.32 Å². The first-order valence-corrected chi connectivity index (χ1v) is 7.83. The van der Waals surface area contributed by atoms with Gasteiger partial charge in [0.1, 0.15) is 5.41 Å². The number of carbonyl (C=O) groups excluding carboxylic acids is 1. The number of nitrogens with zero attached hydrogens (tertiary/aromatic N) is 1. The fourth-order valence-electron chi connectivity index (χ4n) is 2.84. The van der Waals surface area contributed by atoms with Crippen molar-refractivity contribution in [3.63, 3.8) is 0 Å². The van der Waals surface area contributed by atoms with Crippen molar-refractivity contribution in [3.05, 3.63) is 21.9 Å². The van der Waals surface area contributed by atoms with E-state index in [2.05, 4.69) is 23.5 Å². The number of rotatable bonds is 5. The minimum Gasteiger partial charge on any atom is -0.409 e. The Morgan fingerprint density at radius 3 is 2.85 bits per heavy atom. The molecule has 4 N–H and O–H groups in total. The van der Waals surface area contributed by atoms with E-state index in [1.165, 1.54) is 10.4 Å². The highest BCUT2D eigenvalue weighted by Crippen LogP contribution is 2.38. The van der Waals surface area contributed by atoms with Crippen LogP contribution in [0.15, 0.2) is 16.6 Å². The van der Waals surface area contributed by atoms with E-state index in [1.807, 2.05) is 5.38 Å². The van der Waals surface area contributed by atoms with Gasteiger partial charge in [-0.15, -0.1) is 11.3 Å². The van der Waals surface area contributed by atoms with Gasteiger partial charge in [-0.2, -0.15) is 0 Å². The van der Waals surface area contributed by atoms with Crippen molar-refractivity contribution < 1.29 is 10.0 Å². The Morgan fingerprint density at radius 1 is 1.55 bits per heavy atom. The molecule has 1 aromatic heterocycles. The summed E-state index contributed by atoms with van der Waals surface area (Å²) in [5, 5.41) is 17.0. The first-order valence-electron chi connectivity index (χ1n) is 6.95. The van der Waals surface area contributed by atoms with Crippen molar-refractivity contribution >= 4 is 23.1 Å². The number of carbonyl (C=O) groups is 1. The van der Waals surface area contributed by atoms with Crippen LogP contribution < -0.4 is 11.1 Å². The van der Waals surface area contributed by atoms with Gasteiger partial charge in [-0.25, -0.2) is 0 Å². The summed E-state index contributed by atoms with van der Waals surface area (Å²) in [6, 6.07) is 2.08. The zero-order valence-electron chi connectivity index (χ0n) is 11.7. The van der Waals surface area contributed by atoms with Crippen LogP contribution in [0.2, 0.25) is 0 Å². The van der Waals surface area contributed by atoms with Gasteiger partial charge in [-0.1, -0.05) is 24.9 Å². The number of oxime groups is 1. The zero-order chi connectivity index (χ0) is 14.6. The molecule has 1 aliphatic rings. The summed E-state index contributed by atoms with van der Waals surface area (Å²) in [6.07, 6.45) is 4.13. The average molecular weight is 295 g/mol. The summed E-state index contributed by atoms with van der Waals surface area (Å²) < 4.78 is 0. The second kappa shape index (κ2) is 6.26. The zero-order valence-corrected chi connectivity index (χ0v) is 12.5. The van der Waals surface area contributed by atoms with E-state index in [0.717, 1.165) is 19.3 Å². The summed E-state index contributed by atoms with van der Waals surface area (Å²) in [5.41, 5.74) is 6.20. The predicted molar refractivity (Wildman–Crippen MR) is 79.9 cm³/mol. The summed E-state index contributed by atoms with van der Waals surface area (Å²) in [4.78, 5) is 13.7. The van der Waals surface area contributed by atoms with Gasteiger partial charge in [-0.05, 0) is 36.3 Å². The lowest BCUT2D eigenvalue weighted by atomic mass is 9.84. The lowest BCUT2D eigenvalue weighted by Gasteiger charge is -2.25. The molecule has 0 saturated heterocycles. The lowest BCUT2D eigenvalue weighted by molar-refractivity contribution is -0.127. The molecule has 0 radical (unpaired) electrons. The highest BCUT2D eigenvalue weighted by molar-refractivity contribution is 7.10. The minimum atomic E-state index is -0.821. The third kappa shape index (κ3) is 2.65. The molecule has 5 nitrogen and oxygen atoms in total. The Bertz CT molecular complexity index is 504. The fourth-order valence-corrected chi connectivity index (χ4v) is 3.76. The van der Waals surface area contributed by atoms with E-state index < -0.39 is 5.41 Å². The number of amides is 1. The van der Waals surface area contributed by atoms with E-state index in [0.29, 0.717) is 19.4 Å². The van der Waals surface area contributed by atoms with Gasteiger partial charge in [0.2, 0.25) is 5.91 Å². The minimum absolute atomic E-state index is 0.0365. The summed E-state index contributed by atoms with van der Waals surface area (Å²) in [6.45, 7) is 2.61. The van der Waals surface area contributed by atoms with Crippen molar-refractivity contribution in [2.75, 3.05) is 0 Å².